The zero-order valence-electron chi connectivity index (χ0n) is 11.4. The standard InChI is InChI=1S/C14H18O4/c1-2-17-11(15)8-9-5-7-14-6-3-4-10(12(9)14)18-13(14)16/h3,6,9-10,12H,2,4-5,7-8H2,1H3/t9-,10-,12-,14-/m1/s1/i8D/t8-,9-,10-,12-,14-. The minimum absolute atomic E-state index is 0.0306. The van der Waals surface area contributed by atoms with Crippen molar-refractivity contribution in [3.63, 3.8) is 0 Å². The minimum atomic E-state index is -0.907. The normalized spacial score (nSPS) is 43.1. The van der Waals surface area contributed by atoms with Crippen LogP contribution in [0.3, 0.4) is 0 Å². The summed E-state index contributed by atoms with van der Waals surface area (Å²) in [5.41, 5.74) is -0.570. The van der Waals surface area contributed by atoms with Crippen LogP contribution in [0.2, 0.25) is 0 Å². The van der Waals surface area contributed by atoms with Gasteiger partial charge in [0.2, 0.25) is 0 Å². The third kappa shape index (κ3) is 1.51. The molecule has 4 heteroatoms. The number of rotatable bonds is 3. The highest BCUT2D eigenvalue weighted by molar-refractivity contribution is 5.83. The molecule has 3 aliphatic rings. The fourth-order valence-corrected chi connectivity index (χ4v) is 3.72. The van der Waals surface area contributed by atoms with Gasteiger partial charge < -0.3 is 9.47 Å². The van der Waals surface area contributed by atoms with E-state index in [1.807, 2.05) is 12.2 Å². The molecule has 1 saturated carbocycles. The summed E-state index contributed by atoms with van der Waals surface area (Å²) in [7, 11) is 0. The number of carbonyl (C=O) groups is 2. The molecule has 1 heterocycles. The maximum atomic E-state index is 12.1. The van der Waals surface area contributed by atoms with Gasteiger partial charge in [0.15, 0.2) is 0 Å². The Bertz CT molecular complexity index is 447. The van der Waals surface area contributed by atoms with E-state index >= 15 is 0 Å². The highest BCUT2D eigenvalue weighted by Gasteiger charge is 2.62. The van der Waals surface area contributed by atoms with Crippen LogP contribution in [0.1, 0.15) is 34.0 Å². The summed E-state index contributed by atoms with van der Waals surface area (Å²) in [6.45, 7) is 2.02. The Hall–Kier alpha value is -1.32. The van der Waals surface area contributed by atoms with Crippen molar-refractivity contribution in [2.24, 2.45) is 17.3 Å². The second kappa shape index (κ2) is 4.11. The second-order valence-electron chi connectivity index (χ2n) is 5.27. The van der Waals surface area contributed by atoms with Crippen molar-refractivity contribution in [2.45, 2.75) is 38.7 Å². The van der Waals surface area contributed by atoms with Crippen LogP contribution in [-0.2, 0) is 19.1 Å². The third-order valence-electron chi connectivity index (χ3n) is 4.41. The first-order valence-corrected chi connectivity index (χ1v) is 6.58. The molecule has 2 aliphatic carbocycles. The fraction of sp³-hybridized carbons (Fsp3) is 0.714. The molecule has 98 valence electrons. The molecule has 4 nitrogen and oxygen atoms in total. The molecule has 1 saturated heterocycles. The fourth-order valence-electron chi connectivity index (χ4n) is 3.72. The molecule has 1 aliphatic heterocycles. The predicted octanol–water partition coefficient (Wildman–Crippen LogP) is 1.84. The van der Waals surface area contributed by atoms with Crippen LogP contribution in [0, 0.1) is 17.3 Å². The molecule has 0 aromatic carbocycles. The quantitative estimate of drug-likeness (QED) is 0.567. The maximum absolute atomic E-state index is 12.1. The van der Waals surface area contributed by atoms with Crippen LogP contribution < -0.4 is 0 Å². The number of esters is 2. The molecule has 5 atom stereocenters. The van der Waals surface area contributed by atoms with Gasteiger partial charge in [-0.2, -0.15) is 0 Å². The van der Waals surface area contributed by atoms with Gasteiger partial charge in [0.05, 0.1) is 12.0 Å². The average Bonchev–Trinajstić information content (AvgIpc) is 2.84. The topological polar surface area (TPSA) is 52.6 Å². The summed E-state index contributed by atoms with van der Waals surface area (Å²) in [6.07, 6.45) is 4.97. The highest BCUT2D eigenvalue weighted by atomic mass is 16.6. The van der Waals surface area contributed by atoms with E-state index in [1.54, 1.807) is 6.92 Å². The molecule has 0 amide bonds. The average molecular weight is 251 g/mol. The van der Waals surface area contributed by atoms with Crippen molar-refractivity contribution < 1.29 is 20.4 Å². The van der Waals surface area contributed by atoms with Gasteiger partial charge >= 0.3 is 11.9 Å². The summed E-state index contributed by atoms with van der Waals surface area (Å²) in [4.78, 5) is 23.8. The molecule has 0 radical (unpaired) electrons. The van der Waals surface area contributed by atoms with Crippen LogP contribution in [-0.4, -0.2) is 24.6 Å². The van der Waals surface area contributed by atoms with E-state index in [-0.39, 0.29) is 30.5 Å². The molecule has 0 aromatic rings. The van der Waals surface area contributed by atoms with Crippen molar-refractivity contribution in [1.29, 1.82) is 0 Å². The van der Waals surface area contributed by atoms with Crippen LogP contribution in [0.25, 0.3) is 0 Å². The van der Waals surface area contributed by atoms with E-state index in [1.165, 1.54) is 0 Å². The smallest absolute Gasteiger partial charge is 0.316 e. The number of ether oxygens (including phenoxy) is 2. The van der Waals surface area contributed by atoms with Crippen molar-refractivity contribution >= 4 is 11.9 Å². The molecular weight excluding hydrogens is 232 g/mol. The summed E-state index contributed by atoms with van der Waals surface area (Å²) < 4.78 is 18.5. The Morgan fingerprint density at radius 2 is 2.56 bits per heavy atom. The van der Waals surface area contributed by atoms with E-state index in [2.05, 4.69) is 0 Å². The zero-order chi connectivity index (χ0) is 13.6. The molecule has 2 bridgehead atoms. The lowest BCUT2D eigenvalue weighted by Crippen LogP contribution is -2.34. The first-order valence-electron chi connectivity index (χ1n) is 7.15. The van der Waals surface area contributed by atoms with Crippen LogP contribution >= 0.6 is 0 Å². The first kappa shape index (κ1) is 10.6. The van der Waals surface area contributed by atoms with Gasteiger partial charge in [-0.1, -0.05) is 12.2 Å². The largest absolute Gasteiger partial charge is 0.466 e. The monoisotopic (exact) mass is 251 g/mol. The predicted molar refractivity (Wildman–Crippen MR) is 63.5 cm³/mol. The van der Waals surface area contributed by atoms with E-state index < -0.39 is 17.8 Å². The summed E-state index contributed by atoms with van der Waals surface area (Å²) in [5, 5.41) is 0. The van der Waals surface area contributed by atoms with Crippen molar-refractivity contribution in [3.05, 3.63) is 12.2 Å². The SMILES string of the molecule is [2H][C@@H](C(=O)OCC)[C@H]1CC[C@@]23C=CC[C@@H](OC2=O)[C@@H]13. The lowest BCUT2D eigenvalue weighted by molar-refractivity contribution is -0.146. The second-order valence-corrected chi connectivity index (χ2v) is 5.27. The van der Waals surface area contributed by atoms with Gasteiger partial charge in [-0.25, -0.2) is 0 Å². The molecule has 3 rings (SSSR count). The molecular formula is C14H18O4. The van der Waals surface area contributed by atoms with Crippen molar-refractivity contribution in [1.82, 2.24) is 0 Å². The number of hydrogen-bond donors (Lipinski definition) is 0. The minimum Gasteiger partial charge on any atom is -0.466 e. The Morgan fingerprint density at radius 1 is 1.72 bits per heavy atom. The lowest BCUT2D eigenvalue weighted by Gasteiger charge is -2.29. The molecule has 0 spiro atoms. The maximum Gasteiger partial charge on any atom is 0.316 e. The lowest BCUT2D eigenvalue weighted by atomic mass is 9.70. The van der Waals surface area contributed by atoms with E-state index in [4.69, 9.17) is 10.8 Å². The summed E-state index contributed by atoms with van der Waals surface area (Å²) in [5.74, 6) is -0.821. The molecule has 0 N–H and O–H groups in total. The van der Waals surface area contributed by atoms with Gasteiger partial charge in [0.1, 0.15) is 6.10 Å². The van der Waals surface area contributed by atoms with E-state index in [0.29, 0.717) is 19.3 Å². The van der Waals surface area contributed by atoms with Gasteiger partial charge in [-0.05, 0) is 25.7 Å². The Labute approximate surface area is 108 Å². The number of carbonyl (C=O) groups excluding carboxylic acids is 2. The molecule has 2 fully saturated rings. The van der Waals surface area contributed by atoms with Gasteiger partial charge in [0, 0.05) is 20.1 Å². The third-order valence-corrected chi connectivity index (χ3v) is 4.41. The van der Waals surface area contributed by atoms with Gasteiger partial charge in [-0.15, -0.1) is 0 Å². The molecule has 18 heavy (non-hydrogen) atoms. The van der Waals surface area contributed by atoms with Crippen molar-refractivity contribution in [3.8, 4) is 0 Å². The van der Waals surface area contributed by atoms with Gasteiger partial charge in [0.25, 0.3) is 0 Å². The Kier molecular flexibility index (Phi) is 2.42. The zero-order valence-corrected chi connectivity index (χ0v) is 10.4. The summed E-state index contributed by atoms with van der Waals surface area (Å²) in [6, 6.07) is 0. The van der Waals surface area contributed by atoms with Crippen molar-refractivity contribution in [2.75, 3.05) is 6.61 Å². The Morgan fingerprint density at radius 3 is 3.33 bits per heavy atom. The van der Waals surface area contributed by atoms with E-state index in [0.717, 1.165) is 0 Å². The van der Waals surface area contributed by atoms with Crippen LogP contribution in [0.15, 0.2) is 12.2 Å². The number of hydrogen-bond acceptors (Lipinski definition) is 4. The van der Waals surface area contributed by atoms with E-state index in [9.17, 15) is 9.59 Å². The molecule has 0 unspecified atom stereocenters. The first-order chi connectivity index (χ1) is 9.10. The summed E-state index contributed by atoms with van der Waals surface area (Å²) >= 11 is 0. The highest BCUT2D eigenvalue weighted by Crippen LogP contribution is 2.58. The Balaban J connectivity index is 1.86. The van der Waals surface area contributed by atoms with Crippen LogP contribution in [0.4, 0.5) is 0 Å². The van der Waals surface area contributed by atoms with Gasteiger partial charge in [-0.3, -0.25) is 9.59 Å². The van der Waals surface area contributed by atoms with Crippen LogP contribution in [0.5, 0.6) is 0 Å². The molecule has 0 aromatic heterocycles.